The standard InChI is InChI=1S/C2H4FOSi/c1-2-5(3)4/h2,4H,1H2. The summed E-state index contributed by atoms with van der Waals surface area (Å²) in [6.45, 7) is 2.98. The van der Waals surface area contributed by atoms with Gasteiger partial charge in [0, 0.05) is 0 Å². The van der Waals surface area contributed by atoms with Crippen LogP contribution in [-0.2, 0) is 0 Å². The van der Waals surface area contributed by atoms with E-state index in [-0.39, 0.29) is 0 Å². The highest BCUT2D eigenvalue weighted by Crippen LogP contribution is 1.71. The maximum absolute atomic E-state index is 11.0. The zero-order valence-corrected chi connectivity index (χ0v) is 3.61. The van der Waals surface area contributed by atoms with Gasteiger partial charge in [0.2, 0.25) is 0 Å². The molecule has 0 unspecified atom stereocenters. The summed E-state index contributed by atoms with van der Waals surface area (Å²) < 4.78 is 11.0. The van der Waals surface area contributed by atoms with Gasteiger partial charge in [0.05, 0.1) is 0 Å². The lowest BCUT2D eigenvalue weighted by Crippen LogP contribution is -1.94. The Morgan fingerprint density at radius 3 is 2.20 bits per heavy atom. The fourth-order valence-electron chi connectivity index (χ4n) is 0. The molecular weight excluding hydrogens is 87.1 g/mol. The second-order valence-corrected chi connectivity index (χ2v) is 1.58. The topological polar surface area (TPSA) is 20.2 Å². The third kappa shape index (κ3) is 3.85. The molecule has 0 fully saturated rings. The van der Waals surface area contributed by atoms with Gasteiger partial charge in [-0.05, 0) is 5.70 Å². The first-order chi connectivity index (χ1) is 2.27. The fourth-order valence-corrected chi connectivity index (χ4v) is 0. The van der Waals surface area contributed by atoms with Crippen molar-refractivity contribution in [3.8, 4) is 0 Å². The van der Waals surface area contributed by atoms with E-state index in [1.807, 2.05) is 0 Å². The van der Waals surface area contributed by atoms with E-state index < -0.39 is 9.37 Å². The molecule has 1 nitrogen and oxygen atoms in total. The van der Waals surface area contributed by atoms with E-state index in [1.54, 1.807) is 0 Å². The minimum atomic E-state index is -2.61. The van der Waals surface area contributed by atoms with Crippen molar-refractivity contribution in [1.82, 2.24) is 0 Å². The molecule has 0 saturated carbocycles. The summed E-state index contributed by atoms with van der Waals surface area (Å²) >= 11 is 0. The van der Waals surface area contributed by atoms with E-state index in [9.17, 15) is 4.11 Å². The molecule has 0 saturated heterocycles. The Hall–Kier alpha value is -0.153. The monoisotopic (exact) mass is 91.0 g/mol. The van der Waals surface area contributed by atoms with Crippen LogP contribution < -0.4 is 0 Å². The zero-order chi connectivity index (χ0) is 4.28. The van der Waals surface area contributed by atoms with Crippen LogP contribution in [0.3, 0.4) is 0 Å². The fraction of sp³-hybridized carbons (Fsp3) is 0. The lowest BCUT2D eigenvalue weighted by atomic mass is 11.3. The smallest absolute Gasteiger partial charge is 0.404 e. The predicted molar refractivity (Wildman–Crippen MR) is 19.3 cm³/mol. The molecule has 0 rings (SSSR count). The van der Waals surface area contributed by atoms with E-state index in [1.165, 1.54) is 0 Å². The Bertz CT molecular complexity index is 36.6. The quantitative estimate of drug-likeness (QED) is 0.360. The Balaban J connectivity index is 2.83. The first kappa shape index (κ1) is 4.85. The van der Waals surface area contributed by atoms with Crippen molar-refractivity contribution in [3.63, 3.8) is 0 Å². The summed E-state index contributed by atoms with van der Waals surface area (Å²) in [4.78, 5) is 7.68. The summed E-state index contributed by atoms with van der Waals surface area (Å²) in [6.07, 6.45) is 0. The van der Waals surface area contributed by atoms with E-state index in [4.69, 9.17) is 4.80 Å². The third-order valence-corrected chi connectivity index (χ3v) is 0.505. The Kier molecular flexibility index (Phi) is 2.04. The van der Waals surface area contributed by atoms with Crippen LogP contribution in [-0.4, -0.2) is 14.2 Å². The van der Waals surface area contributed by atoms with Gasteiger partial charge in [-0.3, -0.25) is 4.11 Å². The first-order valence-electron chi connectivity index (χ1n) is 1.11. The SMILES string of the molecule is C=C[Si](O)F. The van der Waals surface area contributed by atoms with E-state index in [0.29, 0.717) is 0 Å². The van der Waals surface area contributed by atoms with Gasteiger partial charge in [-0.1, -0.05) is 0 Å². The average Bonchev–Trinajstić information content (AvgIpc) is 1.38. The molecule has 5 heavy (non-hydrogen) atoms. The molecule has 0 heterocycles. The zero-order valence-electron chi connectivity index (χ0n) is 2.61. The molecule has 3 heteroatoms. The highest BCUT2D eigenvalue weighted by atomic mass is 28.3. The Morgan fingerprint density at radius 1 is 2.00 bits per heavy atom. The van der Waals surface area contributed by atoms with Gasteiger partial charge in [0.25, 0.3) is 0 Å². The minimum Gasteiger partial charge on any atom is -0.404 e. The van der Waals surface area contributed by atoms with Gasteiger partial charge >= 0.3 is 9.37 Å². The summed E-state index contributed by atoms with van der Waals surface area (Å²) in [5, 5.41) is 0. The van der Waals surface area contributed by atoms with Gasteiger partial charge in [-0.25, -0.2) is 0 Å². The van der Waals surface area contributed by atoms with Crippen LogP contribution in [0.25, 0.3) is 0 Å². The van der Waals surface area contributed by atoms with Crippen molar-refractivity contribution in [2.75, 3.05) is 0 Å². The van der Waals surface area contributed by atoms with Crippen LogP contribution in [0.15, 0.2) is 12.3 Å². The maximum Gasteiger partial charge on any atom is 0.458 e. The molecule has 1 radical (unpaired) electrons. The van der Waals surface area contributed by atoms with Crippen LogP contribution in [0.5, 0.6) is 0 Å². The van der Waals surface area contributed by atoms with Gasteiger partial charge in [0.1, 0.15) is 0 Å². The molecule has 0 aliphatic heterocycles. The number of halogens is 1. The van der Waals surface area contributed by atoms with E-state index >= 15 is 0 Å². The van der Waals surface area contributed by atoms with Crippen molar-refractivity contribution in [2.45, 2.75) is 0 Å². The van der Waals surface area contributed by atoms with Crippen molar-refractivity contribution < 1.29 is 8.90 Å². The molecule has 0 aromatic rings. The van der Waals surface area contributed by atoms with Crippen molar-refractivity contribution in [3.05, 3.63) is 12.3 Å². The normalized spacial score (nSPS) is 8.60. The number of hydrogen-bond acceptors (Lipinski definition) is 1. The van der Waals surface area contributed by atoms with E-state index in [2.05, 4.69) is 6.58 Å². The van der Waals surface area contributed by atoms with E-state index in [0.717, 1.165) is 5.70 Å². The lowest BCUT2D eigenvalue weighted by Gasteiger charge is -1.72. The molecule has 29 valence electrons. The van der Waals surface area contributed by atoms with Crippen LogP contribution >= 0.6 is 0 Å². The van der Waals surface area contributed by atoms with Crippen molar-refractivity contribution in [1.29, 1.82) is 0 Å². The van der Waals surface area contributed by atoms with Crippen molar-refractivity contribution >= 4 is 9.37 Å². The van der Waals surface area contributed by atoms with Gasteiger partial charge < -0.3 is 4.80 Å². The second kappa shape index (κ2) is 2.11. The molecule has 1 N–H and O–H groups in total. The minimum absolute atomic E-state index is 0.907. The van der Waals surface area contributed by atoms with Gasteiger partial charge in [-0.15, -0.1) is 6.58 Å². The first-order valence-corrected chi connectivity index (χ1v) is 2.51. The molecule has 0 aliphatic carbocycles. The number of rotatable bonds is 1. The molecule has 0 amide bonds. The maximum atomic E-state index is 11.0. The van der Waals surface area contributed by atoms with Gasteiger partial charge in [-0.2, -0.15) is 0 Å². The average molecular weight is 91.1 g/mol. The molecule has 0 atom stereocenters. The molecule has 0 aromatic heterocycles. The summed E-state index contributed by atoms with van der Waals surface area (Å²) in [5.41, 5.74) is 0.907. The molecular formula is C2H4FOSi. The molecule has 0 aromatic carbocycles. The predicted octanol–water partition coefficient (Wildman–Crippen LogP) is 0.162. The van der Waals surface area contributed by atoms with Crippen LogP contribution in [0.4, 0.5) is 4.11 Å². The Labute approximate surface area is 31.6 Å². The molecule has 0 spiro atoms. The number of hydrogen-bond donors (Lipinski definition) is 1. The van der Waals surface area contributed by atoms with Gasteiger partial charge in [0.15, 0.2) is 0 Å². The van der Waals surface area contributed by atoms with Crippen molar-refractivity contribution in [2.24, 2.45) is 0 Å². The Morgan fingerprint density at radius 2 is 2.20 bits per heavy atom. The molecule has 0 bridgehead atoms. The van der Waals surface area contributed by atoms with Crippen LogP contribution in [0, 0.1) is 0 Å². The molecule has 0 aliphatic rings. The highest BCUT2D eigenvalue weighted by molar-refractivity contribution is 6.48. The summed E-state index contributed by atoms with van der Waals surface area (Å²) in [6, 6.07) is 0. The van der Waals surface area contributed by atoms with Crippen LogP contribution in [0.1, 0.15) is 0 Å². The summed E-state index contributed by atoms with van der Waals surface area (Å²) in [7, 11) is -2.61. The largest absolute Gasteiger partial charge is 0.458 e. The van der Waals surface area contributed by atoms with Crippen LogP contribution in [0.2, 0.25) is 0 Å². The second-order valence-electron chi connectivity index (χ2n) is 0.527. The highest BCUT2D eigenvalue weighted by Gasteiger charge is 1.93. The summed E-state index contributed by atoms with van der Waals surface area (Å²) in [5.74, 6) is 0. The third-order valence-electron chi connectivity index (χ3n) is 0.168. The lowest BCUT2D eigenvalue weighted by molar-refractivity contribution is 0.513.